The fourth-order valence-corrected chi connectivity index (χ4v) is 4.71. The average molecular weight is 333 g/mol. The molecule has 1 aliphatic carbocycles. The zero-order valence-electron chi connectivity index (χ0n) is 12.9. The minimum absolute atomic E-state index is 0.283. The van der Waals surface area contributed by atoms with Crippen LogP contribution in [0.1, 0.15) is 41.7 Å². The maximum absolute atomic E-state index is 12.5. The van der Waals surface area contributed by atoms with Crippen LogP contribution in [-0.4, -0.2) is 29.8 Å². The number of aromatic nitrogens is 2. The summed E-state index contributed by atoms with van der Waals surface area (Å²) in [5.74, 6) is 0.122. The van der Waals surface area contributed by atoms with Crippen molar-refractivity contribution in [2.75, 3.05) is 5.32 Å². The van der Waals surface area contributed by atoms with Crippen LogP contribution in [0.25, 0.3) is 0 Å². The minimum atomic E-state index is -3.29. The van der Waals surface area contributed by atoms with Crippen molar-refractivity contribution >= 4 is 21.6 Å². The number of carbonyl (C=O) groups is 1. The van der Waals surface area contributed by atoms with Crippen LogP contribution in [0.2, 0.25) is 0 Å². The Morgan fingerprint density at radius 2 is 1.87 bits per heavy atom. The van der Waals surface area contributed by atoms with Crippen LogP contribution in [0.15, 0.2) is 35.2 Å². The van der Waals surface area contributed by atoms with Crippen molar-refractivity contribution in [1.29, 1.82) is 0 Å². The molecule has 2 N–H and O–H groups in total. The first-order valence-electron chi connectivity index (χ1n) is 7.64. The Morgan fingerprint density at radius 1 is 1.22 bits per heavy atom. The summed E-state index contributed by atoms with van der Waals surface area (Å²) in [7, 11) is -3.29. The number of carbonyl (C=O) groups excluding carboxylic acids is 1. The van der Waals surface area contributed by atoms with E-state index in [1.165, 1.54) is 24.3 Å². The molecule has 0 radical (unpaired) electrons. The van der Waals surface area contributed by atoms with E-state index in [9.17, 15) is 13.2 Å². The van der Waals surface area contributed by atoms with E-state index in [1.807, 2.05) is 6.92 Å². The van der Waals surface area contributed by atoms with Gasteiger partial charge in [-0.2, -0.15) is 5.10 Å². The van der Waals surface area contributed by atoms with Gasteiger partial charge in [0, 0.05) is 17.3 Å². The standard InChI is InChI=1S/C16H19N3O3S/c1-11-10-15(19-18-11)17-16(20)12-6-8-14(9-7-12)23(21,22)13-4-2-3-5-13/h6-10,13H,2-5H2,1H3,(H2,17,18,19,20). The Morgan fingerprint density at radius 3 is 2.43 bits per heavy atom. The van der Waals surface area contributed by atoms with Gasteiger partial charge in [0.05, 0.1) is 10.1 Å². The second-order valence-electron chi connectivity index (χ2n) is 5.87. The molecule has 23 heavy (non-hydrogen) atoms. The zero-order chi connectivity index (χ0) is 16.4. The Labute approximate surface area is 135 Å². The lowest BCUT2D eigenvalue weighted by molar-refractivity contribution is 0.102. The van der Waals surface area contributed by atoms with E-state index in [1.54, 1.807) is 6.07 Å². The van der Waals surface area contributed by atoms with E-state index in [4.69, 9.17) is 0 Å². The van der Waals surface area contributed by atoms with Crippen molar-refractivity contribution in [2.24, 2.45) is 0 Å². The molecule has 1 heterocycles. The van der Waals surface area contributed by atoms with Crippen LogP contribution in [0, 0.1) is 6.92 Å². The van der Waals surface area contributed by atoms with Crippen molar-refractivity contribution in [3.63, 3.8) is 0 Å². The molecule has 1 aromatic heterocycles. The van der Waals surface area contributed by atoms with E-state index < -0.39 is 9.84 Å². The number of nitrogens with one attached hydrogen (secondary N) is 2. The molecule has 6 nitrogen and oxygen atoms in total. The molecule has 3 rings (SSSR count). The maximum Gasteiger partial charge on any atom is 0.256 e. The number of anilines is 1. The predicted octanol–water partition coefficient (Wildman–Crippen LogP) is 2.69. The molecule has 0 aliphatic heterocycles. The first kappa shape index (κ1) is 15.7. The summed E-state index contributed by atoms with van der Waals surface area (Å²) in [6, 6.07) is 7.82. The number of aryl methyl sites for hydroxylation is 1. The van der Waals surface area contributed by atoms with Crippen molar-refractivity contribution < 1.29 is 13.2 Å². The lowest BCUT2D eigenvalue weighted by Gasteiger charge is -2.11. The predicted molar refractivity (Wildman–Crippen MR) is 87.2 cm³/mol. The highest BCUT2D eigenvalue weighted by atomic mass is 32.2. The van der Waals surface area contributed by atoms with E-state index in [-0.39, 0.29) is 16.1 Å². The van der Waals surface area contributed by atoms with Gasteiger partial charge in [0.25, 0.3) is 5.91 Å². The summed E-state index contributed by atoms with van der Waals surface area (Å²) in [6.07, 6.45) is 3.38. The quantitative estimate of drug-likeness (QED) is 0.900. The SMILES string of the molecule is Cc1cc(NC(=O)c2ccc(S(=O)(=O)C3CCCC3)cc2)n[nH]1. The smallest absolute Gasteiger partial charge is 0.256 e. The number of nitrogens with zero attached hydrogens (tertiary/aromatic N) is 1. The van der Waals surface area contributed by atoms with E-state index in [0.717, 1.165) is 31.4 Å². The highest BCUT2D eigenvalue weighted by molar-refractivity contribution is 7.92. The summed E-state index contributed by atoms with van der Waals surface area (Å²) < 4.78 is 25.0. The van der Waals surface area contributed by atoms with Gasteiger partial charge in [-0.1, -0.05) is 12.8 Å². The third-order valence-corrected chi connectivity index (χ3v) is 6.41. The van der Waals surface area contributed by atoms with Gasteiger partial charge in [-0.3, -0.25) is 9.89 Å². The van der Waals surface area contributed by atoms with Crippen LogP contribution < -0.4 is 5.32 Å². The summed E-state index contributed by atoms with van der Waals surface area (Å²) >= 11 is 0. The molecule has 7 heteroatoms. The molecule has 0 bridgehead atoms. The number of benzene rings is 1. The van der Waals surface area contributed by atoms with Crippen LogP contribution in [0.5, 0.6) is 0 Å². The third kappa shape index (κ3) is 3.29. The van der Waals surface area contributed by atoms with Crippen molar-refractivity contribution in [3.8, 4) is 0 Å². The van der Waals surface area contributed by atoms with Gasteiger partial charge in [-0.15, -0.1) is 0 Å². The molecule has 2 aromatic rings. The van der Waals surface area contributed by atoms with E-state index >= 15 is 0 Å². The second-order valence-corrected chi connectivity index (χ2v) is 8.09. The fraction of sp³-hybridized carbons (Fsp3) is 0.375. The van der Waals surface area contributed by atoms with Gasteiger partial charge in [-0.05, 0) is 44.0 Å². The van der Waals surface area contributed by atoms with Crippen molar-refractivity contribution in [2.45, 2.75) is 42.8 Å². The number of hydrogen-bond acceptors (Lipinski definition) is 4. The fourth-order valence-electron chi connectivity index (χ4n) is 2.86. The molecule has 0 unspecified atom stereocenters. The lowest BCUT2D eigenvalue weighted by Crippen LogP contribution is -2.18. The van der Waals surface area contributed by atoms with Crippen LogP contribution in [0.3, 0.4) is 0 Å². The van der Waals surface area contributed by atoms with Crippen LogP contribution in [0.4, 0.5) is 5.82 Å². The molecular weight excluding hydrogens is 314 g/mol. The Hall–Kier alpha value is -2.15. The largest absolute Gasteiger partial charge is 0.305 e. The lowest BCUT2D eigenvalue weighted by atomic mass is 10.2. The molecule has 1 saturated carbocycles. The highest BCUT2D eigenvalue weighted by Crippen LogP contribution is 2.29. The van der Waals surface area contributed by atoms with Gasteiger partial charge in [0.1, 0.15) is 0 Å². The molecule has 1 fully saturated rings. The Balaban J connectivity index is 1.75. The van der Waals surface area contributed by atoms with Crippen molar-refractivity contribution in [3.05, 3.63) is 41.6 Å². The number of H-pyrrole nitrogens is 1. The minimum Gasteiger partial charge on any atom is -0.305 e. The monoisotopic (exact) mass is 333 g/mol. The second kappa shape index (κ2) is 6.16. The molecule has 1 aliphatic rings. The van der Waals surface area contributed by atoms with Gasteiger partial charge < -0.3 is 5.32 Å². The first-order valence-corrected chi connectivity index (χ1v) is 9.19. The molecular formula is C16H19N3O3S. The van der Waals surface area contributed by atoms with Crippen LogP contribution >= 0.6 is 0 Å². The highest BCUT2D eigenvalue weighted by Gasteiger charge is 2.30. The van der Waals surface area contributed by atoms with Crippen LogP contribution in [-0.2, 0) is 9.84 Å². The zero-order valence-corrected chi connectivity index (χ0v) is 13.7. The van der Waals surface area contributed by atoms with E-state index in [0.29, 0.717) is 11.4 Å². The van der Waals surface area contributed by atoms with E-state index in [2.05, 4.69) is 15.5 Å². The molecule has 1 aromatic carbocycles. The van der Waals surface area contributed by atoms with Crippen molar-refractivity contribution in [1.82, 2.24) is 10.2 Å². The molecule has 0 atom stereocenters. The maximum atomic E-state index is 12.5. The average Bonchev–Trinajstić information content (AvgIpc) is 3.19. The summed E-state index contributed by atoms with van der Waals surface area (Å²) in [5, 5.41) is 9.06. The number of aromatic amines is 1. The normalized spacial score (nSPS) is 15.7. The number of rotatable bonds is 4. The van der Waals surface area contributed by atoms with Gasteiger partial charge in [-0.25, -0.2) is 8.42 Å². The third-order valence-electron chi connectivity index (χ3n) is 4.13. The summed E-state index contributed by atoms with van der Waals surface area (Å²) in [5.41, 5.74) is 1.24. The number of hydrogen-bond donors (Lipinski definition) is 2. The topological polar surface area (TPSA) is 91.9 Å². The van der Waals surface area contributed by atoms with Gasteiger partial charge in [0.2, 0.25) is 0 Å². The molecule has 1 amide bonds. The number of sulfone groups is 1. The Bertz CT molecular complexity index is 803. The molecule has 122 valence electrons. The number of amides is 1. The first-order chi connectivity index (χ1) is 11.0. The summed E-state index contributed by atoms with van der Waals surface area (Å²) in [4.78, 5) is 12.4. The Kier molecular flexibility index (Phi) is 4.21. The summed E-state index contributed by atoms with van der Waals surface area (Å²) in [6.45, 7) is 1.84. The van der Waals surface area contributed by atoms with Gasteiger partial charge >= 0.3 is 0 Å². The molecule has 0 spiro atoms. The molecule has 0 saturated heterocycles. The van der Waals surface area contributed by atoms with Gasteiger partial charge in [0.15, 0.2) is 15.7 Å².